The van der Waals surface area contributed by atoms with Crippen LogP contribution in [0.3, 0.4) is 0 Å². The summed E-state index contributed by atoms with van der Waals surface area (Å²) < 4.78 is 30.6. The molecular formula is C18H20FN3O4. The van der Waals surface area contributed by atoms with Crippen LogP contribution >= 0.6 is 0 Å². The summed E-state index contributed by atoms with van der Waals surface area (Å²) in [4.78, 5) is 21.0. The third-order valence-electron chi connectivity index (χ3n) is 5.19. The first-order valence-electron chi connectivity index (χ1n) is 8.45. The number of methoxy groups -OCH3 is 1. The summed E-state index contributed by atoms with van der Waals surface area (Å²) in [5, 5.41) is 0. The maximum absolute atomic E-state index is 14.3. The van der Waals surface area contributed by atoms with E-state index >= 15 is 0 Å². The zero-order chi connectivity index (χ0) is 18.3. The summed E-state index contributed by atoms with van der Waals surface area (Å²) in [6, 6.07) is 3.18. The van der Waals surface area contributed by atoms with Crippen molar-refractivity contribution < 1.29 is 18.6 Å². The van der Waals surface area contributed by atoms with Crippen molar-refractivity contribution in [2.24, 2.45) is 0 Å². The summed E-state index contributed by atoms with van der Waals surface area (Å²) in [6.07, 6.45) is 2.61. The Morgan fingerprint density at radius 2 is 2.23 bits per heavy atom. The van der Waals surface area contributed by atoms with Crippen molar-refractivity contribution in [2.45, 2.75) is 18.6 Å². The first kappa shape index (κ1) is 17.0. The van der Waals surface area contributed by atoms with Gasteiger partial charge in [0, 0.05) is 29.9 Å². The van der Waals surface area contributed by atoms with E-state index in [1.807, 2.05) is 11.8 Å². The summed E-state index contributed by atoms with van der Waals surface area (Å²) in [5.41, 5.74) is 0.748. The van der Waals surface area contributed by atoms with Gasteiger partial charge in [-0.1, -0.05) is 0 Å². The molecule has 8 heteroatoms. The second kappa shape index (κ2) is 6.37. The Morgan fingerprint density at radius 3 is 2.92 bits per heavy atom. The van der Waals surface area contributed by atoms with Crippen LogP contribution in [0.15, 0.2) is 29.3 Å². The molecule has 2 saturated heterocycles. The molecule has 138 valence electrons. The van der Waals surface area contributed by atoms with E-state index in [9.17, 15) is 9.18 Å². The molecule has 4 heterocycles. The number of aromatic nitrogens is 2. The van der Waals surface area contributed by atoms with E-state index in [0.29, 0.717) is 49.1 Å². The molecule has 1 atom stereocenters. The largest absolute Gasteiger partial charge is 0.481 e. The normalized spacial score (nSPS) is 21.5. The number of halogens is 1. The highest BCUT2D eigenvalue weighted by Gasteiger charge is 2.50. The second-order valence-electron chi connectivity index (χ2n) is 6.58. The van der Waals surface area contributed by atoms with Crippen LogP contribution in [0.1, 0.15) is 6.92 Å². The van der Waals surface area contributed by atoms with Crippen molar-refractivity contribution in [1.29, 1.82) is 0 Å². The Balaban J connectivity index is 1.74. The monoisotopic (exact) mass is 361 g/mol. The van der Waals surface area contributed by atoms with E-state index in [1.54, 1.807) is 6.07 Å². The number of morpholine rings is 1. The number of nitrogens with zero attached hydrogens (tertiary/aromatic N) is 2. The highest BCUT2D eigenvalue weighted by atomic mass is 19.1. The minimum atomic E-state index is -0.484. The number of rotatable bonds is 3. The molecule has 26 heavy (non-hydrogen) atoms. The van der Waals surface area contributed by atoms with E-state index in [-0.39, 0.29) is 17.2 Å². The molecule has 4 rings (SSSR count). The van der Waals surface area contributed by atoms with Gasteiger partial charge in [-0.15, -0.1) is 0 Å². The summed E-state index contributed by atoms with van der Waals surface area (Å²) >= 11 is 0. The molecule has 2 aromatic heterocycles. The number of ether oxygens (including phenoxy) is 3. The molecule has 2 aromatic rings. The van der Waals surface area contributed by atoms with Gasteiger partial charge in [-0.2, -0.15) is 0 Å². The number of pyridine rings is 2. The number of nitrogens with one attached hydrogen (secondary N) is 1. The molecule has 2 aliphatic rings. The van der Waals surface area contributed by atoms with E-state index in [0.717, 1.165) is 6.20 Å². The van der Waals surface area contributed by atoms with Crippen LogP contribution < -0.4 is 15.2 Å². The summed E-state index contributed by atoms with van der Waals surface area (Å²) in [5.74, 6) is -0.179. The molecule has 1 unspecified atom stereocenters. The standard InChI is InChI=1S/C18H20FN3O4/c1-11-18(9-25-10-18)26-4-3-22(11)15-5-12(7-21-17(15)23)13-6-16(24-2)20-8-14(13)19/h5-8,11H,3-4,9-10H2,1-2H3,(H,21,23). The van der Waals surface area contributed by atoms with E-state index in [1.165, 1.54) is 19.4 Å². The van der Waals surface area contributed by atoms with Crippen molar-refractivity contribution in [3.05, 3.63) is 40.7 Å². The van der Waals surface area contributed by atoms with Gasteiger partial charge >= 0.3 is 0 Å². The average Bonchev–Trinajstić information content (AvgIpc) is 2.62. The Morgan fingerprint density at radius 1 is 1.42 bits per heavy atom. The van der Waals surface area contributed by atoms with E-state index in [4.69, 9.17) is 14.2 Å². The number of H-pyrrole nitrogens is 1. The van der Waals surface area contributed by atoms with Gasteiger partial charge in [-0.3, -0.25) is 4.79 Å². The smallest absolute Gasteiger partial charge is 0.271 e. The predicted octanol–water partition coefficient (Wildman–Crippen LogP) is 1.58. The molecular weight excluding hydrogens is 341 g/mol. The third kappa shape index (κ3) is 2.65. The minimum Gasteiger partial charge on any atom is -0.481 e. The lowest BCUT2D eigenvalue weighted by Crippen LogP contribution is -2.68. The summed E-state index contributed by atoms with van der Waals surface area (Å²) in [6.45, 7) is 4.13. The van der Waals surface area contributed by atoms with Crippen molar-refractivity contribution in [1.82, 2.24) is 9.97 Å². The van der Waals surface area contributed by atoms with Crippen molar-refractivity contribution >= 4 is 5.69 Å². The Hall–Kier alpha value is -2.45. The van der Waals surface area contributed by atoms with Crippen LogP contribution in [0.4, 0.5) is 10.1 Å². The van der Waals surface area contributed by atoms with Crippen LogP contribution in [0.25, 0.3) is 11.1 Å². The number of anilines is 1. The lowest BCUT2D eigenvalue weighted by molar-refractivity contribution is -0.228. The van der Waals surface area contributed by atoms with Crippen molar-refractivity contribution in [3.8, 4) is 17.0 Å². The average molecular weight is 361 g/mol. The van der Waals surface area contributed by atoms with Gasteiger partial charge in [0.05, 0.1) is 39.2 Å². The van der Waals surface area contributed by atoms with Gasteiger partial charge in [0.15, 0.2) is 0 Å². The van der Waals surface area contributed by atoms with Crippen molar-refractivity contribution in [3.63, 3.8) is 0 Å². The van der Waals surface area contributed by atoms with Crippen LogP contribution in [0.2, 0.25) is 0 Å². The lowest BCUT2D eigenvalue weighted by atomic mass is 9.90. The van der Waals surface area contributed by atoms with E-state index in [2.05, 4.69) is 9.97 Å². The van der Waals surface area contributed by atoms with Gasteiger partial charge in [0.1, 0.15) is 17.1 Å². The molecule has 0 bridgehead atoms. The third-order valence-corrected chi connectivity index (χ3v) is 5.19. The highest BCUT2D eigenvalue weighted by Crippen LogP contribution is 2.35. The fourth-order valence-electron chi connectivity index (χ4n) is 3.50. The van der Waals surface area contributed by atoms with Gasteiger partial charge in [-0.05, 0) is 13.0 Å². The molecule has 0 amide bonds. The Bertz CT molecular complexity index is 881. The predicted molar refractivity (Wildman–Crippen MR) is 93.1 cm³/mol. The molecule has 0 saturated carbocycles. The van der Waals surface area contributed by atoms with Gasteiger partial charge in [0.25, 0.3) is 5.56 Å². The van der Waals surface area contributed by atoms with Gasteiger partial charge in [0.2, 0.25) is 5.88 Å². The molecule has 2 fully saturated rings. The second-order valence-corrected chi connectivity index (χ2v) is 6.58. The fourth-order valence-corrected chi connectivity index (χ4v) is 3.50. The molecule has 0 radical (unpaired) electrons. The Labute approximate surface area is 149 Å². The molecule has 1 spiro atoms. The lowest BCUT2D eigenvalue weighted by Gasteiger charge is -2.53. The maximum Gasteiger partial charge on any atom is 0.271 e. The molecule has 1 N–H and O–H groups in total. The van der Waals surface area contributed by atoms with Gasteiger partial charge < -0.3 is 24.1 Å². The van der Waals surface area contributed by atoms with Crippen molar-refractivity contribution in [2.75, 3.05) is 38.4 Å². The van der Waals surface area contributed by atoms with Crippen LogP contribution in [-0.2, 0) is 9.47 Å². The summed E-state index contributed by atoms with van der Waals surface area (Å²) in [7, 11) is 1.47. The zero-order valence-electron chi connectivity index (χ0n) is 14.6. The molecule has 0 aliphatic carbocycles. The number of hydrogen-bond donors (Lipinski definition) is 1. The molecule has 0 aromatic carbocycles. The van der Waals surface area contributed by atoms with Crippen LogP contribution in [0, 0.1) is 5.82 Å². The topological polar surface area (TPSA) is 76.7 Å². The SMILES string of the molecule is COc1cc(-c2c[nH]c(=O)c(N3CCOC4(COC4)C3C)c2)c(F)cn1. The van der Waals surface area contributed by atoms with E-state index < -0.39 is 5.82 Å². The first-order chi connectivity index (χ1) is 12.5. The number of hydrogen-bond acceptors (Lipinski definition) is 6. The highest BCUT2D eigenvalue weighted by molar-refractivity contribution is 5.68. The molecule has 2 aliphatic heterocycles. The first-order valence-corrected chi connectivity index (χ1v) is 8.45. The molecule has 7 nitrogen and oxygen atoms in total. The van der Waals surface area contributed by atoms with Crippen LogP contribution in [-0.4, -0.2) is 55.1 Å². The zero-order valence-corrected chi connectivity index (χ0v) is 14.6. The minimum absolute atomic E-state index is 0.0295. The van der Waals surface area contributed by atoms with Gasteiger partial charge in [-0.25, -0.2) is 9.37 Å². The Kier molecular flexibility index (Phi) is 4.16. The fraction of sp³-hybridized carbons (Fsp3) is 0.444. The maximum atomic E-state index is 14.3. The quantitative estimate of drug-likeness (QED) is 0.895. The number of aromatic amines is 1. The van der Waals surface area contributed by atoms with Crippen LogP contribution in [0.5, 0.6) is 5.88 Å².